The Balaban J connectivity index is 1.78. The second kappa shape index (κ2) is 8.29. The maximum Gasteiger partial charge on any atom is 0.251 e. The highest BCUT2D eigenvalue weighted by molar-refractivity contribution is 9.10. The number of carbonyl (C=O) groups excluding carboxylic acids is 2. The Bertz CT molecular complexity index is 511. The minimum Gasteiger partial charge on any atom is -0.384 e. The molecule has 1 aliphatic rings. The Hall–Kier alpha value is -1.40. The molecule has 2 amide bonds. The summed E-state index contributed by atoms with van der Waals surface area (Å²) in [5, 5.41) is 3.04. The van der Waals surface area contributed by atoms with E-state index in [0.717, 1.165) is 17.3 Å². The van der Waals surface area contributed by atoms with E-state index in [1.165, 1.54) is 0 Å². The molecular weight excluding hydrogens is 348 g/mol. The van der Waals surface area contributed by atoms with Gasteiger partial charge in [-0.1, -0.05) is 15.9 Å². The average molecular weight is 369 g/mol. The number of piperidine rings is 1. The number of halogens is 1. The number of likely N-dealkylation sites (tertiary alicyclic amines) is 1. The number of carbonyl (C=O) groups is 2. The number of hydrogen-bond acceptors (Lipinski definition) is 3. The second-order valence-electron chi connectivity index (χ2n) is 5.38. The van der Waals surface area contributed by atoms with Crippen LogP contribution in [0.4, 0.5) is 0 Å². The number of nitrogens with one attached hydrogen (secondary N) is 1. The van der Waals surface area contributed by atoms with Crippen molar-refractivity contribution < 1.29 is 14.3 Å². The van der Waals surface area contributed by atoms with E-state index in [4.69, 9.17) is 4.74 Å². The van der Waals surface area contributed by atoms with Crippen LogP contribution < -0.4 is 5.32 Å². The molecule has 1 aliphatic heterocycles. The predicted molar refractivity (Wildman–Crippen MR) is 87.7 cm³/mol. The first kappa shape index (κ1) is 17.0. The highest BCUT2D eigenvalue weighted by Crippen LogP contribution is 2.14. The van der Waals surface area contributed by atoms with E-state index in [2.05, 4.69) is 21.2 Å². The van der Waals surface area contributed by atoms with E-state index in [-0.39, 0.29) is 17.9 Å². The van der Waals surface area contributed by atoms with Gasteiger partial charge in [0.15, 0.2) is 0 Å². The van der Waals surface area contributed by atoms with Crippen LogP contribution in [-0.2, 0) is 9.53 Å². The van der Waals surface area contributed by atoms with Gasteiger partial charge in [-0.15, -0.1) is 0 Å². The number of ether oxygens (including phenoxy) is 1. The Morgan fingerprint density at radius 3 is 2.50 bits per heavy atom. The molecule has 1 N–H and O–H groups in total. The third-order valence-electron chi connectivity index (χ3n) is 3.81. The van der Waals surface area contributed by atoms with Crippen LogP contribution in [0.15, 0.2) is 28.7 Å². The van der Waals surface area contributed by atoms with Crippen LogP contribution in [0.5, 0.6) is 0 Å². The highest BCUT2D eigenvalue weighted by Gasteiger charge is 2.23. The first-order chi connectivity index (χ1) is 10.6. The zero-order chi connectivity index (χ0) is 15.9. The topological polar surface area (TPSA) is 58.6 Å². The molecule has 5 nitrogen and oxygen atoms in total. The summed E-state index contributed by atoms with van der Waals surface area (Å²) in [4.78, 5) is 25.9. The van der Waals surface area contributed by atoms with Crippen LogP contribution in [0.25, 0.3) is 0 Å². The minimum absolute atomic E-state index is 0.0586. The van der Waals surface area contributed by atoms with Gasteiger partial charge in [-0.3, -0.25) is 9.59 Å². The van der Waals surface area contributed by atoms with Gasteiger partial charge in [-0.05, 0) is 37.1 Å². The lowest BCUT2D eigenvalue weighted by molar-refractivity contribution is -0.133. The molecule has 0 saturated carbocycles. The van der Waals surface area contributed by atoms with Gasteiger partial charge in [0.1, 0.15) is 0 Å². The number of hydrogen-bond donors (Lipinski definition) is 1. The van der Waals surface area contributed by atoms with E-state index in [0.29, 0.717) is 31.7 Å². The summed E-state index contributed by atoms with van der Waals surface area (Å²) < 4.78 is 5.88. The monoisotopic (exact) mass is 368 g/mol. The molecule has 0 aliphatic carbocycles. The van der Waals surface area contributed by atoms with E-state index in [9.17, 15) is 9.59 Å². The summed E-state index contributed by atoms with van der Waals surface area (Å²) >= 11 is 3.35. The second-order valence-corrected chi connectivity index (χ2v) is 6.29. The van der Waals surface area contributed by atoms with Crippen LogP contribution >= 0.6 is 15.9 Å². The van der Waals surface area contributed by atoms with E-state index in [1.54, 1.807) is 19.2 Å². The first-order valence-corrected chi connectivity index (χ1v) is 8.22. The molecule has 1 aromatic rings. The summed E-state index contributed by atoms with van der Waals surface area (Å²) in [6.07, 6.45) is 2.01. The van der Waals surface area contributed by atoms with Gasteiger partial charge in [-0.25, -0.2) is 0 Å². The molecule has 22 heavy (non-hydrogen) atoms. The van der Waals surface area contributed by atoms with Gasteiger partial charge >= 0.3 is 0 Å². The van der Waals surface area contributed by atoms with E-state index < -0.39 is 0 Å². The molecule has 0 aromatic heterocycles. The van der Waals surface area contributed by atoms with Gasteiger partial charge in [0.2, 0.25) is 5.91 Å². The lowest BCUT2D eigenvalue weighted by Gasteiger charge is -2.32. The molecule has 120 valence electrons. The fourth-order valence-corrected chi connectivity index (χ4v) is 2.76. The summed E-state index contributed by atoms with van der Waals surface area (Å²) in [7, 11) is 1.59. The molecule has 0 unspecified atom stereocenters. The van der Waals surface area contributed by atoms with Crippen LogP contribution in [0.2, 0.25) is 0 Å². The summed E-state index contributed by atoms with van der Waals surface area (Å²) in [6, 6.07) is 7.42. The van der Waals surface area contributed by atoms with Gasteiger partial charge in [0.05, 0.1) is 13.0 Å². The van der Waals surface area contributed by atoms with Crippen molar-refractivity contribution in [2.45, 2.75) is 25.3 Å². The van der Waals surface area contributed by atoms with Crippen molar-refractivity contribution in [3.63, 3.8) is 0 Å². The Labute approximate surface area is 139 Å². The Morgan fingerprint density at radius 2 is 1.91 bits per heavy atom. The molecule has 0 atom stereocenters. The Kier molecular flexibility index (Phi) is 6.39. The summed E-state index contributed by atoms with van der Waals surface area (Å²) in [6.45, 7) is 1.83. The molecule has 1 saturated heterocycles. The van der Waals surface area contributed by atoms with Crippen molar-refractivity contribution in [1.82, 2.24) is 10.2 Å². The highest BCUT2D eigenvalue weighted by atomic mass is 79.9. The van der Waals surface area contributed by atoms with Crippen molar-refractivity contribution in [2.24, 2.45) is 0 Å². The van der Waals surface area contributed by atoms with Crippen LogP contribution in [0, 0.1) is 0 Å². The molecule has 0 bridgehead atoms. The van der Waals surface area contributed by atoms with E-state index in [1.807, 2.05) is 17.0 Å². The molecule has 1 fully saturated rings. The van der Waals surface area contributed by atoms with Gasteiger partial charge in [0, 0.05) is 36.3 Å². The Morgan fingerprint density at radius 1 is 1.27 bits per heavy atom. The molecule has 0 spiro atoms. The fourth-order valence-electron chi connectivity index (χ4n) is 2.49. The van der Waals surface area contributed by atoms with Gasteiger partial charge in [-0.2, -0.15) is 0 Å². The van der Waals surface area contributed by atoms with Crippen LogP contribution in [0.1, 0.15) is 29.6 Å². The maximum absolute atomic E-state index is 12.2. The molecule has 1 heterocycles. The van der Waals surface area contributed by atoms with Crippen LogP contribution in [-0.4, -0.2) is 49.6 Å². The third kappa shape index (κ3) is 4.81. The largest absolute Gasteiger partial charge is 0.384 e. The lowest BCUT2D eigenvalue weighted by atomic mass is 10.0. The smallest absolute Gasteiger partial charge is 0.251 e. The zero-order valence-corrected chi connectivity index (χ0v) is 14.3. The van der Waals surface area contributed by atoms with Crippen molar-refractivity contribution in [1.29, 1.82) is 0 Å². The molecular formula is C16H21BrN2O3. The van der Waals surface area contributed by atoms with E-state index >= 15 is 0 Å². The number of benzene rings is 1. The lowest BCUT2D eigenvalue weighted by Crippen LogP contribution is -2.46. The normalized spacial score (nSPS) is 15.6. The number of nitrogens with zero attached hydrogens (tertiary/aromatic N) is 1. The van der Waals surface area contributed by atoms with Gasteiger partial charge < -0.3 is 15.0 Å². The summed E-state index contributed by atoms with van der Waals surface area (Å²) in [5.74, 6) is 0.0659. The predicted octanol–water partition coefficient (Wildman–Crippen LogP) is 2.21. The maximum atomic E-state index is 12.2. The molecule has 1 aromatic carbocycles. The number of amides is 2. The number of rotatable bonds is 5. The fraction of sp³-hybridized carbons (Fsp3) is 0.500. The molecule has 6 heteroatoms. The third-order valence-corrected chi connectivity index (χ3v) is 4.34. The molecule has 2 rings (SSSR count). The van der Waals surface area contributed by atoms with Crippen molar-refractivity contribution in [3.8, 4) is 0 Å². The zero-order valence-electron chi connectivity index (χ0n) is 12.7. The van der Waals surface area contributed by atoms with Gasteiger partial charge in [0.25, 0.3) is 5.91 Å². The number of methoxy groups -OCH3 is 1. The minimum atomic E-state index is -0.0586. The standard InChI is InChI=1S/C16H21BrN2O3/c1-22-11-8-15(20)19-9-6-14(7-10-19)18-16(21)12-2-4-13(17)5-3-12/h2-5,14H,6-11H2,1H3,(H,18,21). The molecule has 0 radical (unpaired) electrons. The SMILES string of the molecule is COCCC(=O)N1CCC(NC(=O)c2ccc(Br)cc2)CC1. The van der Waals surface area contributed by atoms with Crippen molar-refractivity contribution >= 4 is 27.7 Å². The van der Waals surface area contributed by atoms with Crippen molar-refractivity contribution in [3.05, 3.63) is 34.3 Å². The van der Waals surface area contributed by atoms with Crippen molar-refractivity contribution in [2.75, 3.05) is 26.8 Å². The van der Waals surface area contributed by atoms with Crippen LogP contribution in [0.3, 0.4) is 0 Å². The first-order valence-electron chi connectivity index (χ1n) is 7.43. The average Bonchev–Trinajstić information content (AvgIpc) is 2.54. The quantitative estimate of drug-likeness (QED) is 0.866. The summed E-state index contributed by atoms with van der Waals surface area (Å²) in [5.41, 5.74) is 0.654.